The molecule has 3 atom stereocenters. The molecular weight excluding hydrogens is 579 g/mol. The summed E-state index contributed by atoms with van der Waals surface area (Å²) in [5.74, 6) is -0.429. The van der Waals surface area contributed by atoms with Crippen LogP contribution in [0.25, 0.3) is 0 Å². The summed E-state index contributed by atoms with van der Waals surface area (Å²) in [5.41, 5.74) is 0.289. The number of anilines is 3. The molecule has 1 aliphatic rings. The molecule has 5 amide bonds. The number of carbonyl (C=O) groups excluding carboxylic acids is 3. The van der Waals surface area contributed by atoms with Crippen LogP contribution in [0.3, 0.4) is 0 Å². The van der Waals surface area contributed by atoms with E-state index in [4.69, 9.17) is 4.74 Å². The van der Waals surface area contributed by atoms with Crippen LogP contribution in [-0.4, -0.2) is 71.8 Å². The maximum atomic E-state index is 13.7. The number of para-hydroxylation sites is 1. The third kappa shape index (κ3) is 7.98. The van der Waals surface area contributed by atoms with Gasteiger partial charge in [0.1, 0.15) is 11.9 Å². The molecule has 0 saturated heterocycles. The third-order valence-electron chi connectivity index (χ3n) is 7.22. The number of halogens is 3. The van der Waals surface area contributed by atoms with Crippen LogP contribution >= 0.6 is 0 Å². The highest BCUT2D eigenvalue weighted by molar-refractivity contribution is 6.02. The van der Waals surface area contributed by atoms with Gasteiger partial charge in [-0.05, 0) is 61.5 Å². The molecule has 13 heteroatoms. The second-order valence-corrected chi connectivity index (χ2v) is 10.7. The van der Waals surface area contributed by atoms with Crippen molar-refractivity contribution in [2.45, 2.75) is 32.2 Å². The Hall–Kier alpha value is -4.78. The molecular formula is C31H34F3N5O5. The lowest BCUT2D eigenvalue weighted by Crippen LogP contribution is -2.50. The van der Waals surface area contributed by atoms with Crippen LogP contribution in [-0.2, 0) is 6.18 Å². The van der Waals surface area contributed by atoms with Crippen molar-refractivity contribution in [1.82, 2.24) is 9.80 Å². The smallest absolute Gasteiger partial charge is 0.416 e. The molecule has 10 nitrogen and oxygen atoms in total. The Labute approximate surface area is 252 Å². The quantitative estimate of drug-likeness (QED) is 0.271. The Morgan fingerprint density at radius 2 is 1.61 bits per heavy atom. The fourth-order valence-corrected chi connectivity index (χ4v) is 4.65. The lowest BCUT2D eigenvalue weighted by Gasteiger charge is -2.38. The van der Waals surface area contributed by atoms with Gasteiger partial charge >= 0.3 is 18.2 Å². The first-order chi connectivity index (χ1) is 20.8. The van der Waals surface area contributed by atoms with Crippen molar-refractivity contribution < 1.29 is 37.4 Å². The van der Waals surface area contributed by atoms with E-state index >= 15 is 0 Å². The molecule has 3 aromatic rings. The van der Waals surface area contributed by atoms with E-state index in [2.05, 4.69) is 16.0 Å². The van der Waals surface area contributed by atoms with Crippen molar-refractivity contribution in [2.24, 2.45) is 5.92 Å². The van der Waals surface area contributed by atoms with E-state index in [1.54, 1.807) is 26.1 Å². The highest BCUT2D eigenvalue weighted by atomic mass is 19.4. The van der Waals surface area contributed by atoms with Gasteiger partial charge in [0, 0.05) is 36.6 Å². The van der Waals surface area contributed by atoms with Gasteiger partial charge in [-0.25, -0.2) is 9.59 Å². The van der Waals surface area contributed by atoms with Gasteiger partial charge < -0.3 is 35.6 Å². The second kappa shape index (κ2) is 13.7. The van der Waals surface area contributed by atoms with Gasteiger partial charge in [0.25, 0.3) is 5.91 Å². The van der Waals surface area contributed by atoms with E-state index in [0.29, 0.717) is 5.69 Å². The minimum absolute atomic E-state index is 0.130. The van der Waals surface area contributed by atoms with Gasteiger partial charge in [0.2, 0.25) is 0 Å². The van der Waals surface area contributed by atoms with E-state index in [9.17, 15) is 32.7 Å². The number of rotatable bonds is 7. The summed E-state index contributed by atoms with van der Waals surface area (Å²) in [4.78, 5) is 42.2. The number of alkyl halides is 3. The number of carbonyl (C=O) groups is 3. The molecule has 1 heterocycles. The molecule has 0 bridgehead atoms. The fraction of sp³-hybridized carbons (Fsp3) is 0.323. The van der Waals surface area contributed by atoms with Crippen LogP contribution in [0.15, 0.2) is 72.8 Å². The number of aliphatic hydroxyl groups is 1. The largest absolute Gasteiger partial charge is 0.487 e. The molecule has 234 valence electrons. The Morgan fingerprint density at radius 1 is 1.00 bits per heavy atom. The van der Waals surface area contributed by atoms with E-state index in [1.807, 2.05) is 25.1 Å². The molecule has 3 aromatic carbocycles. The minimum Gasteiger partial charge on any atom is -0.487 e. The SMILES string of the molecule is C[C@@H]1CN([C@H](C)CO)C(=O)c2cc(NC(=O)Nc3ccc(C(F)(F)F)cc3)ccc2O[C@H]1CN(C)C(=O)Nc1ccccc1. The zero-order valence-electron chi connectivity index (χ0n) is 24.4. The Bertz CT molecular complexity index is 1470. The summed E-state index contributed by atoms with van der Waals surface area (Å²) in [6.45, 7) is 3.73. The van der Waals surface area contributed by atoms with E-state index in [0.717, 1.165) is 24.3 Å². The van der Waals surface area contributed by atoms with Crippen LogP contribution in [0.2, 0.25) is 0 Å². The van der Waals surface area contributed by atoms with Gasteiger partial charge in [-0.3, -0.25) is 4.79 Å². The van der Waals surface area contributed by atoms with Crippen LogP contribution in [0.4, 0.5) is 39.8 Å². The first-order valence-corrected chi connectivity index (χ1v) is 13.9. The van der Waals surface area contributed by atoms with Crippen LogP contribution in [0.1, 0.15) is 29.8 Å². The summed E-state index contributed by atoms with van der Waals surface area (Å²) in [5, 5.41) is 17.8. The Morgan fingerprint density at radius 3 is 2.25 bits per heavy atom. The van der Waals surface area contributed by atoms with Crippen molar-refractivity contribution in [3.05, 3.63) is 83.9 Å². The Kier molecular flexibility index (Phi) is 9.99. The number of hydrogen-bond acceptors (Lipinski definition) is 5. The zero-order chi connectivity index (χ0) is 32.0. The van der Waals surface area contributed by atoms with Crippen LogP contribution in [0, 0.1) is 5.92 Å². The lowest BCUT2D eigenvalue weighted by atomic mass is 9.99. The van der Waals surface area contributed by atoms with E-state index < -0.39 is 35.8 Å². The average molecular weight is 614 g/mol. The normalized spacial score (nSPS) is 17.3. The fourth-order valence-electron chi connectivity index (χ4n) is 4.65. The molecule has 4 rings (SSSR count). The molecule has 0 spiro atoms. The number of likely N-dealkylation sites (N-methyl/N-ethyl adjacent to an activating group) is 1. The minimum atomic E-state index is -4.50. The van der Waals surface area contributed by atoms with Gasteiger partial charge in [-0.15, -0.1) is 0 Å². The number of nitrogens with one attached hydrogen (secondary N) is 3. The monoisotopic (exact) mass is 613 g/mol. The third-order valence-corrected chi connectivity index (χ3v) is 7.22. The molecule has 0 aliphatic carbocycles. The number of benzene rings is 3. The zero-order valence-corrected chi connectivity index (χ0v) is 24.4. The van der Waals surface area contributed by atoms with Gasteiger partial charge in [0.15, 0.2) is 0 Å². The van der Waals surface area contributed by atoms with Crippen LogP contribution in [0.5, 0.6) is 5.75 Å². The first kappa shape index (κ1) is 32.1. The number of fused-ring (bicyclic) bond motifs is 1. The highest BCUT2D eigenvalue weighted by Gasteiger charge is 2.34. The molecule has 0 aromatic heterocycles. The van der Waals surface area contributed by atoms with E-state index in [-0.39, 0.29) is 54.3 Å². The highest BCUT2D eigenvalue weighted by Crippen LogP contribution is 2.32. The van der Waals surface area contributed by atoms with E-state index in [1.165, 1.54) is 28.0 Å². The standard InChI is InChI=1S/C31H34F3N5O5/c1-19-16-39(20(2)18-40)28(41)25-15-24(36-29(42)35-23-11-9-21(10-12-23)31(32,33)34)13-14-26(25)44-27(19)17-38(3)30(43)37-22-7-5-4-6-8-22/h4-15,19-20,27,40H,16-18H2,1-3H3,(H,37,43)(H2,35,36,42)/t19-,20-,27+/m1/s1. The average Bonchev–Trinajstić information content (AvgIpc) is 2.99. The van der Waals surface area contributed by atoms with Crippen molar-refractivity contribution in [3.63, 3.8) is 0 Å². The number of ether oxygens (including phenoxy) is 1. The Balaban J connectivity index is 1.53. The summed E-state index contributed by atoms with van der Waals surface area (Å²) >= 11 is 0. The molecule has 0 radical (unpaired) electrons. The summed E-state index contributed by atoms with van der Waals surface area (Å²) in [7, 11) is 1.63. The topological polar surface area (TPSA) is 123 Å². The molecule has 4 N–H and O–H groups in total. The predicted octanol–water partition coefficient (Wildman–Crippen LogP) is 5.73. The van der Waals surface area contributed by atoms with Crippen LogP contribution < -0.4 is 20.7 Å². The summed E-state index contributed by atoms with van der Waals surface area (Å²) < 4.78 is 44.8. The summed E-state index contributed by atoms with van der Waals surface area (Å²) in [6, 6.07) is 15.8. The number of nitrogens with zero attached hydrogens (tertiary/aromatic N) is 2. The molecule has 0 saturated carbocycles. The molecule has 0 unspecified atom stereocenters. The lowest BCUT2D eigenvalue weighted by molar-refractivity contribution is -0.137. The number of hydrogen-bond donors (Lipinski definition) is 4. The maximum Gasteiger partial charge on any atom is 0.416 e. The molecule has 0 fully saturated rings. The number of urea groups is 2. The maximum absolute atomic E-state index is 13.7. The van der Waals surface area contributed by atoms with Gasteiger partial charge in [0.05, 0.1) is 30.3 Å². The van der Waals surface area contributed by atoms with Crippen molar-refractivity contribution in [3.8, 4) is 5.75 Å². The van der Waals surface area contributed by atoms with Crippen molar-refractivity contribution >= 4 is 35.0 Å². The second-order valence-electron chi connectivity index (χ2n) is 10.7. The predicted molar refractivity (Wildman–Crippen MR) is 160 cm³/mol. The van der Waals surface area contributed by atoms with Crippen molar-refractivity contribution in [2.75, 3.05) is 42.7 Å². The number of aliphatic hydroxyl groups excluding tert-OH is 1. The number of amides is 5. The van der Waals surface area contributed by atoms with Gasteiger partial charge in [-0.2, -0.15) is 13.2 Å². The van der Waals surface area contributed by atoms with Gasteiger partial charge in [-0.1, -0.05) is 25.1 Å². The first-order valence-electron chi connectivity index (χ1n) is 13.9. The summed E-state index contributed by atoms with van der Waals surface area (Å²) in [6.07, 6.45) is -5.04. The molecule has 44 heavy (non-hydrogen) atoms. The molecule has 1 aliphatic heterocycles. The van der Waals surface area contributed by atoms with Crippen molar-refractivity contribution in [1.29, 1.82) is 0 Å².